The van der Waals surface area contributed by atoms with Crippen LogP contribution in [0.5, 0.6) is 0 Å². The van der Waals surface area contributed by atoms with E-state index >= 15 is 0 Å². The highest BCUT2D eigenvalue weighted by Gasteiger charge is 2.41. The Morgan fingerprint density at radius 1 is 0.390 bits per heavy atom. The van der Waals surface area contributed by atoms with Gasteiger partial charge in [0.1, 0.15) is 113 Å². The number of likely N-dealkylation sites (tertiary alicyclic amines) is 1. The Labute approximate surface area is 792 Å². The fourth-order valence-corrected chi connectivity index (χ4v) is 12.6. The number of aliphatic hydroxyl groups excluding tert-OH is 23. The van der Waals surface area contributed by atoms with E-state index in [0.717, 1.165) is 5.56 Å². The number of aliphatic hydroxyl groups is 23. The molecule has 1 aromatic carbocycles. The van der Waals surface area contributed by atoms with Crippen molar-refractivity contribution < 1.29 is 122 Å². The molecule has 0 aromatic heterocycles. The van der Waals surface area contributed by atoms with Crippen LogP contribution in [0.3, 0.4) is 0 Å². The van der Waals surface area contributed by atoms with Gasteiger partial charge in [-0.25, -0.2) is 94.9 Å². The van der Waals surface area contributed by atoms with Crippen LogP contribution in [0.1, 0.15) is 230 Å². The van der Waals surface area contributed by atoms with Crippen molar-refractivity contribution in [3.8, 4) is 0 Å². The molecule has 47 heteroatoms. The molecule has 0 bridgehead atoms. The second-order valence-corrected chi connectivity index (χ2v) is 36.7. The molecule has 1 saturated heterocycles. The number of benzene rings is 1. The molecule has 26 N–H and O–H groups in total. The molecule has 15 atom stereocenters. The first kappa shape index (κ1) is 119. The summed E-state index contributed by atoms with van der Waals surface area (Å²) in [5.41, 5.74) is -7.87. The number of hydrogen-bond donors (Lipinski definition) is 26. The molecule has 1 heterocycles. The van der Waals surface area contributed by atoms with Crippen LogP contribution < -0.4 is 0 Å². The molecule has 2 rings (SSSR count). The van der Waals surface area contributed by atoms with Gasteiger partial charge in [0.15, 0.2) is 23.6 Å². The molecule has 0 aliphatic carbocycles. The third kappa shape index (κ3) is 38.8. The van der Waals surface area contributed by atoms with Crippen molar-refractivity contribution in [2.75, 3.05) is 19.7 Å². The van der Waals surface area contributed by atoms with Gasteiger partial charge in [0, 0.05) is 32.7 Å². The summed E-state index contributed by atoms with van der Waals surface area (Å²) in [4.78, 5) is 94.7. The Kier molecular flexibility index (Phi) is 46.7. The number of carbonyl (C=O) groups excluding carboxylic acids is 1. The van der Waals surface area contributed by atoms with Crippen LogP contribution in [0.2, 0.25) is 0 Å². The maximum Gasteiger partial charge on any atom is 0.247 e. The zero-order valence-corrected chi connectivity index (χ0v) is 82.1. The molecule has 762 valence electrons. The molecular formula is C89H147N23O24. The Bertz CT molecular complexity index is 4820. The van der Waals surface area contributed by atoms with Gasteiger partial charge in [-0.1, -0.05) is 92.1 Å². The van der Waals surface area contributed by atoms with Crippen molar-refractivity contribution in [1.29, 1.82) is 16.2 Å². The van der Waals surface area contributed by atoms with Gasteiger partial charge in [0.05, 0.1) is 12.6 Å². The molecule has 1 amide bonds. The summed E-state index contributed by atoms with van der Waals surface area (Å²) < 4.78 is 0. The molecular weight excluding hydrogens is 1780 g/mol. The van der Waals surface area contributed by atoms with Crippen molar-refractivity contribution in [3.63, 3.8) is 0 Å². The van der Waals surface area contributed by atoms with Gasteiger partial charge < -0.3 is 122 Å². The topological polar surface area (TPSA) is 792 Å². The number of aliphatic imine (C=N–C) groups is 19. The molecule has 136 heavy (non-hydrogen) atoms. The average Bonchev–Trinajstić information content (AvgIpc) is 1.77. The van der Waals surface area contributed by atoms with E-state index in [-0.39, 0.29) is 51.0 Å². The van der Waals surface area contributed by atoms with E-state index in [1.165, 1.54) is 116 Å². The van der Waals surface area contributed by atoms with Gasteiger partial charge in [0.25, 0.3) is 0 Å². The largest absolute Gasteiger partial charge is 0.497 e. The summed E-state index contributed by atoms with van der Waals surface area (Å²) in [6.07, 6.45) is -1.11. The van der Waals surface area contributed by atoms with Crippen LogP contribution >= 0.6 is 0 Å². The van der Waals surface area contributed by atoms with E-state index < -0.39 is 292 Å². The normalized spacial score (nSPS) is 19.5. The average molecular weight is 1920 g/mol. The highest BCUT2D eigenvalue weighted by atomic mass is 16.3. The third-order valence-electron chi connectivity index (χ3n) is 21.2. The predicted molar refractivity (Wildman–Crippen MR) is 534 cm³/mol. The highest BCUT2D eigenvalue weighted by Crippen LogP contribution is 2.28. The number of hydrogen-bond acceptors (Lipinski definition) is 24. The molecule has 1 aliphatic heterocycles. The van der Waals surface area contributed by atoms with Crippen LogP contribution in [0, 0.1) is 39.9 Å². The van der Waals surface area contributed by atoms with Crippen LogP contribution in [-0.4, -0.2) is 390 Å². The number of rotatable bonds is 55. The lowest BCUT2D eigenvalue weighted by molar-refractivity contribution is -0.132. The van der Waals surface area contributed by atoms with Crippen molar-refractivity contribution >= 4 is 136 Å². The molecule has 1 aromatic rings. The summed E-state index contributed by atoms with van der Waals surface area (Å²) in [5.74, 6) is -19.0. The Hall–Kier alpha value is -13.0. The fraction of sp³-hybridized carbons (Fsp3) is 0.674. The second-order valence-electron chi connectivity index (χ2n) is 36.7. The van der Waals surface area contributed by atoms with Crippen molar-refractivity contribution in [2.24, 2.45) is 119 Å². The summed E-state index contributed by atoms with van der Waals surface area (Å²) >= 11 is 0. The van der Waals surface area contributed by atoms with Crippen LogP contribution in [0.4, 0.5) is 0 Å². The van der Waals surface area contributed by atoms with E-state index in [4.69, 9.17) is 16.2 Å². The molecule has 1 aliphatic rings. The van der Waals surface area contributed by atoms with Crippen LogP contribution in [0.15, 0.2) is 125 Å². The minimum Gasteiger partial charge on any atom is -0.497 e. The highest BCUT2D eigenvalue weighted by molar-refractivity contribution is 6.00. The van der Waals surface area contributed by atoms with Crippen molar-refractivity contribution in [2.45, 2.75) is 343 Å². The molecule has 0 saturated carbocycles. The molecule has 0 spiro atoms. The lowest BCUT2D eigenvalue weighted by atomic mass is 9.98. The smallest absolute Gasteiger partial charge is 0.247 e. The van der Waals surface area contributed by atoms with Crippen molar-refractivity contribution in [1.82, 2.24) is 4.90 Å². The van der Waals surface area contributed by atoms with Crippen LogP contribution in [0.25, 0.3) is 0 Å². The summed E-state index contributed by atoms with van der Waals surface area (Å²) in [5, 5.41) is 276. The van der Waals surface area contributed by atoms with Crippen LogP contribution in [-0.2, 0) is 11.2 Å². The predicted octanol–water partition coefficient (Wildman–Crippen LogP) is 13.2. The monoisotopic (exact) mass is 1920 g/mol. The minimum absolute atomic E-state index is 0.0898. The van der Waals surface area contributed by atoms with Crippen molar-refractivity contribution in [3.05, 3.63) is 35.9 Å². The molecule has 0 radical (unpaired) electrons. The first-order chi connectivity index (χ1) is 62.7. The zero-order chi connectivity index (χ0) is 104. The quantitative estimate of drug-likeness (QED) is 0.0213. The standard InChI is InChI=1S/C89H147N23O24/c1-25-46(8)66(106-83(135)86(17,18)109-73(125)57(35-38-61(92)117)102-81(133)88(21,22)111-84(136)89(23,24)108-70(122)50(12)94-62(118)41-93-67(119)47(9)98-80(132)85(15,16)107-52(14)114)77(129)96-48(10)68(120)95-49(11)69(121)103-63(43(2)3)75(127)97-51(13)79(131)112-39-29-32-58(112)74(126)104-65(45(6)7)78(130)110-87(19,20)82(134)105-64(44(4)5)76(128)101-56(34-37-60(91)116)72(124)100-55(33-36-59(90)115)71(123)99-54(42-113)40-53-30-27-26-28-31-53/h26-28,30-31,43-51,54-58,63-66,113H,25,29,32-42H2,1-24H3,(H2,90,115)(H2,91,116)(H2,92,117)(H,93,119)(H,94,118)(H,95,120)(H,96,129)(H,97,127)(H,98,132)(H,99,123)(H,100,124)(H,101,128)(H,102,133)(H,103,121)(H,104,126)(H,105,134)(H,106,135)(H,107,114)(H,108,122)(H,109,125)(H,110,130)(H,111,136). The third-order valence-corrected chi connectivity index (χ3v) is 21.2. The summed E-state index contributed by atoms with van der Waals surface area (Å²) in [7, 11) is 0. The molecule has 47 nitrogen and oxygen atoms in total. The fourth-order valence-electron chi connectivity index (χ4n) is 12.6. The number of amides is 1. The number of nitrogens with one attached hydrogen (secondary N) is 3. The van der Waals surface area contributed by atoms with E-state index in [1.54, 1.807) is 85.7 Å². The maximum atomic E-state index is 14.3. The van der Waals surface area contributed by atoms with E-state index in [1.807, 2.05) is 0 Å². The van der Waals surface area contributed by atoms with Gasteiger partial charge in [-0.2, -0.15) is 0 Å². The first-order valence-electron chi connectivity index (χ1n) is 44.5. The van der Waals surface area contributed by atoms with Gasteiger partial charge >= 0.3 is 0 Å². The van der Waals surface area contributed by atoms with Gasteiger partial charge in [-0.15, -0.1) is 0 Å². The van der Waals surface area contributed by atoms with E-state index in [0.29, 0.717) is 12.8 Å². The lowest BCUT2D eigenvalue weighted by Gasteiger charge is -2.27. The minimum atomic E-state index is -1.88. The summed E-state index contributed by atoms with van der Waals surface area (Å²) in [6, 6.07) is -9.45. The SMILES string of the molecule is CCC(C)C(N=C(O)C(C)(C)N=C(O)C(CCC(=N)O)N=C(O)C(C)(C)N=C(O)C(C)(C)N=C(O)C(C)N=C(O)CN=C(O)C(C)N=C(O)C(C)(C)N=C(C)O)C(O)=NC(C)C(O)=NC(C)C(O)=NC(C(O)=NC(C)C(=O)N1CCCC1C(O)=NC(C(O)=NC(C)(C)C(O)=NC(C(O)=NC(CCC(=N)O)C(O)=NC(CCC(=N)O)C(O)=NC(CO)Cc1ccccc1)C(C)C)C(C)C)C(C)C. The maximum absolute atomic E-state index is 14.3. The van der Waals surface area contributed by atoms with E-state index in [9.17, 15) is 122 Å². The van der Waals surface area contributed by atoms with Gasteiger partial charge in [-0.3, -0.25) is 21.0 Å². The first-order valence-corrected chi connectivity index (χ1v) is 44.5. The van der Waals surface area contributed by atoms with Gasteiger partial charge in [-0.05, 0) is 172 Å². The second kappa shape index (κ2) is 53.3. The zero-order valence-electron chi connectivity index (χ0n) is 82.1. The number of carbonyl (C=O) groups is 1. The van der Waals surface area contributed by atoms with Gasteiger partial charge in [0.2, 0.25) is 112 Å². The van der Waals surface area contributed by atoms with E-state index in [2.05, 4.69) is 94.9 Å². The number of nitrogens with zero attached hydrogens (tertiary/aromatic N) is 20. The Balaban J connectivity index is 2.51. The summed E-state index contributed by atoms with van der Waals surface area (Å²) in [6.45, 7) is 33.7. The molecule has 15 unspecified atom stereocenters. The Morgan fingerprint density at radius 3 is 1.25 bits per heavy atom. The Morgan fingerprint density at radius 2 is 0.765 bits per heavy atom. The lowest BCUT2D eigenvalue weighted by Crippen LogP contribution is -2.45. The molecule has 1 fully saturated rings.